The SMILES string of the molecule is O=C(/C=C/c1c(F)cccc1Cl)OCc1cc([N+](=O)[O-])cc2c1OCOC2. The fraction of sp³-hybridized carbons (Fsp3) is 0.167. The molecule has 7 nitrogen and oxygen atoms in total. The maximum absolute atomic E-state index is 13.7. The van der Waals surface area contributed by atoms with E-state index >= 15 is 0 Å². The lowest BCUT2D eigenvalue weighted by Gasteiger charge is -2.20. The van der Waals surface area contributed by atoms with Gasteiger partial charge in [0.1, 0.15) is 18.2 Å². The molecule has 0 amide bonds. The van der Waals surface area contributed by atoms with Crippen molar-refractivity contribution in [2.75, 3.05) is 6.79 Å². The Morgan fingerprint density at radius 3 is 2.96 bits per heavy atom. The lowest BCUT2D eigenvalue weighted by Crippen LogP contribution is -2.14. The third-order valence-electron chi connectivity index (χ3n) is 3.74. The summed E-state index contributed by atoms with van der Waals surface area (Å²) in [6.07, 6.45) is 2.23. The number of carbonyl (C=O) groups is 1. The summed E-state index contributed by atoms with van der Waals surface area (Å²) >= 11 is 5.88. The Hall–Kier alpha value is -2.97. The molecule has 0 fully saturated rings. The Bertz CT molecular complexity index is 910. The van der Waals surface area contributed by atoms with Crippen LogP contribution in [0.4, 0.5) is 10.1 Å². The largest absolute Gasteiger partial charge is 0.467 e. The molecule has 9 heteroatoms. The smallest absolute Gasteiger partial charge is 0.331 e. The van der Waals surface area contributed by atoms with E-state index in [0.717, 1.165) is 6.08 Å². The Balaban J connectivity index is 1.74. The fourth-order valence-corrected chi connectivity index (χ4v) is 2.74. The highest BCUT2D eigenvalue weighted by atomic mass is 35.5. The average Bonchev–Trinajstić information content (AvgIpc) is 2.65. The highest BCUT2D eigenvalue weighted by molar-refractivity contribution is 6.32. The van der Waals surface area contributed by atoms with E-state index in [2.05, 4.69) is 0 Å². The van der Waals surface area contributed by atoms with Gasteiger partial charge in [-0.2, -0.15) is 0 Å². The number of nitrogens with zero attached hydrogens (tertiary/aromatic N) is 1. The second kappa shape index (κ2) is 8.15. The van der Waals surface area contributed by atoms with E-state index < -0.39 is 16.7 Å². The standard InChI is InChI=1S/C18H13ClFNO6/c19-15-2-1-3-16(20)14(15)4-5-17(22)26-9-12-7-13(21(23)24)6-11-8-25-10-27-18(11)12/h1-7H,8-10H2/b5-4+. The van der Waals surface area contributed by atoms with Crippen LogP contribution in [0.5, 0.6) is 5.75 Å². The predicted molar refractivity (Wildman–Crippen MR) is 93.6 cm³/mol. The molecule has 0 saturated carbocycles. The monoisotopic (exact) mass is 393 g/mol. The van der Waals surface area contributed by atoms with Crippen molar-refractivity contribution < 1.29 is 28.3 Å². The lowest BCUT2D eigenvalue weighted by atomic mass is 10.1. The van der Waals surface area contributed by atoms with Gasteiger partial charge in [-0.1, -0.05) is 17.7 Å². The zero-order valence-electron chi connectivity index (χ0n) is 13.8. The normalized spacial score (nSPS) is 13.1. The van der Waals surface area contributed by atoms with Crippen LogP contribution in [0.15, 0.2) is 36.4 Å². The summed E-state index contributed by atoms with van der Waals surface area (Å²) < 4.78 is 29.2. The number of hydrogen-bond donors (Lipinski definition) is 0. The molecule has 0 bridgehead atoms. The minimum atomic E-state index is -0.762. The molecule has 1 heterocycles. The molecule has 0 unspecified atom stereocenters. The van der Waals surface area contributed by atoms with Gasteiger partial charge in [0, 0.05) is 34.9 Å². The van der Waals surface area contributed by atoms with Crippen molar-refractivity contribution in [1.82, 2.24) is 0 Å². The zero-order valence-corrected chi connectivity index (χ0v) is 14.6. The summed E-state index contributed by atoms with van der Waals surface area (Å²) in [5.41, 5.74) is 0.732. The van der Waals surface area contributed by atoms with Gasteiger partial charge in [0.25, 0.3) is 5.69 Å². The first kappa shape index (κ1) is 18.8. The number of esters is 1. The lowest BCUT2D eigenvalue weighted by molar-refractivity contribution is -0.385. The van der Waals surface area contributed by atoms with E-state index in [0.29, 0.717) is 16.9 Å². The molecule has 0 spiro atoms. The molecule has 140 valence electrons. The Labute approximate surface area is 158 Å². The average molecular weight is 394 g/mol. The first-order valence-corrected chi connectivity index (χ1v) is 8.13. The topological polar surface area (TPSA) is 87.9 Å². The van der Waals surface area contributed by atoms with E-state index in [1.165, 1.54) is 36.4 Å². The highest BCUT2D eigenvalue weighted by Gasteiger charge is 2.21. The summed E-state index contributed by atoms with van der Waals surface area (Å²) in [5, 5.41) is 11.2. The molecule has 27 heavy (non-hydrogen) atoms. The molecular formula is C18H13ClFNO6. The van der Waals surface area contributed by atoms with Crippen LogP contribution < -0.4 is 4.74 Å². The Kier molecular flexibility index (Phi) is 5.68. The number of nitro groups is 1. The molecular weight excluding hydrogens is 381 g/mol. The summed E-state index contributed by atoms with van der Waals surface area (Å²) in [6, 6.07) is 6.77. The third kappa shape index (κ3) is 4.42. The third-order valence-corrected chi connectivity index (χ3v) is 4.07. The van der Waals surface area contributed by atoms with E-state index in [-0.39, 0.29) is 36.3 Å². The number of non-ortho nitro benzene ring substituents is 1. The molecule has 2 aromatic rings. The van der Waals surface area contributed by atoms with Gasteiger partial charge in [0.2, 0.25) is 0 Å². The molecule has 0 atom stereocenters. The van der Waals surface area contributed by atoms with E-state index in [9.17, 15) is 19.3 Å². The van der Waals surface area contributed by atoms with Gasteiger partial charge in [-0.05, 0) is 18.2 Å². The van der Waals surface area contributed by atoms with Gasteiger partial charge in [-0.15, -0.1) is 0 Å². The summed E-state index contributed by atoms with van der Waals surface area (Å²) in [7, 11) is 0. The van der Waals surface area contributed by atoms with Gasteiger partial charge in [-0.25, -0.2) is 9.18 Å². The molecule has 0 N–H and O–H groups in total. The van der Waals surface area contributed by atoms with Crippen molar-refractivity contribution in [3.63, 3.8) is 0 Å². The number of nitro benzene ring substituents is 1. The van der Waals surface area contributed by atoms with Gasteiger partial charge >= 0.3 is 5.97 Å². The summed E-state index contributed by atoms with van der Waals surface area (Å²) in [4.78, 5) is 22.4. The van der Waals surface area contributed by atoms with Crippen LogP contribution in [0.25, 0.3) is 6.08 Å². The number of halogens is 2. The molecule has 0 saturated heterocycles. The molecule has 1 aliphatic rings. The Morgan fingerprint density at radius 2 is 2.22 bits per heavy atom. The summed E-state index contributed by atoms with van der Waals surface area (Å²) in [6.45, 7) is -0.0979. The predicted octanol–water partition coefficient (Wildman–Crippen LogP) is 4.01. The first-order chi connectivity index (χ1) is 13.0. The van der Waals surface area contributed by atoms with Gasteiger partial charge in [-0.3, -0.25) is 10.1 Å². The van der Waals surface area contributed by atoms with E-state index in [1.54, 1.807) is 0 Å². The second-order valence-electron chi connectivity index (χ2n) is 5.54. The van der Waals surface area contributed by atoms with Crippen LogP contribution in [0.1, 0.15) is 16.7 Å². The molecule has 3 rings (SSSR count). The first-order valence-electron chi connectivity index (χ1n) is 7.75. The number of carbonyl (C=O) groups excluding carboxylic acids is 1. The van der Waals surface area contributed by atoms with Crippen LogP contribution >= 0.6 is 11.6 Å². The van der Waals surface area contributed by atoms with Crippen molar-refractivity contribution in [1.29, 1.82) is 0 Å². The summed E-state index contributed by atoms with van der Waals surface area (Å²) in [5.74, 6) is -0.949. The Morgan fingerprint density at radius 1 is 1.41 bits per heavy atom. The van der Waals surface area contributed by atoms with Crippen molar-refractivity contribution >= 4 is 29.3 Å². The van der Waals surface area contributed by atoms with Crippen LogP contribution in [0.3, 0.4) is 0 Å². The van der Waals surface area contributed by atoms with Crippen molar-refractivity contribution in [3.05, 3.63) is 74.1 Å². The van der Waals surface area contributed by atoms with Crippen molar-refractivity contribution in [3.8, 4) is 5.75 Å². The minimum Gasteiger partial charge on any atom is -0.467 e. The quantitative estimate of drug-likeness (QED) is 0.330. The van der Waals surface area contributed by atoms with E-state index in [1.807, 2.05) is 0 Å². The maximum Gasteiger partial charge on any atom is 0.331 e. The van der Waals surface area contributed by atoms with Crippen molar-refractivity contribution in [2.24, 2.45) is 0 Å². The molecule has 1 aliphatic heterocycles. The number of fused-ring (bicyclic) bond motifs is 1. The number of hydrogen-bond acceptors (Lipinski definition) is 6. The fourth-order valence-electron chi connectivity index (χ4n) is 2.51. The van der Waals surface area contributed by atoms with E-state index in [4.69, 9.17) is 25.8 Å². The molecule has 2 aromatic carbocycles. The number of benzene rings is 2. The molecule has 0 aliphatic carbocycles. The minimum absolute atomic E-state index is 0.00254. The number of rotatable bonds is 5. The zero-order chi connectivity index (χ0) is 19.4. The van der Waals surface area contributed by atoms with Crippen LogP contribution in [-0.4, -0.2) is 17.7 Å². The van der Waals surface area contributed by atoms with Gasteiger partial charge in [0.05, 0.1) is 16.6 Å². The van der Waals surface area contributed by atoms with Crippen LogP contribution in [0, 0.1) is 15.9 Å². The van der Waals surface area contributed by atoms with Gasteiger partial charge < -0.3 is 14.2 Å². The second-order valence-corrected chi connectivity index (χ2v) is 5.94. The number of ether oxygens (including phenoxy) is 3. The van der Waals surface area contributed by atoms with Crippen molar-refractivity contribution in [2.45, 2.75) is 13.2 Å². The maximum atomic E-state index is 13.7. The van der Waals surface area contributed by atoms with Gasteiger partial charge in [0.15, 0.2) is 6.79 Å². The molecule has 0 radical (unpaired) electrons. The molecule has 0 aromatic heterocycles. The van der Waals surface area contributed by atoms with Crippen LogP contribution in [0.2, 0.25) is 5.02 Å². The van der Waals surface area contributed by atoms with Crippen LogP contribution in [-0.2, 0) is 27.5 Å². The highest BCUT2D eigenvalue weighted by Crippen LogP contribution is 2.33.